The average Bonchev–Trinajstić information content (AvgIpc) is 3.07. The van der Waals surface area contributed by atoms with Gasteiger partial charge in [-0.05, 0) is 44.6 Å². The standard InChI is InChI=1S/C16H26N2OS/c1-11(2)9-17-10-12-5-3-7-14-15(12)18-16(20-14)13-6-4-8-19-13/h11-13,17H,3-10H2,1-2H3. The summed E-state index contributed by atoms with van der Waals surface area (Å²) in [6.45, 7) is 7.62. The molecular weight excluding hydrogens is 268 g/mol. The van der Waals surface area contributed by atoms with Crippen molar-refractivity contribution in [3.63, 3.8) is 0 Å². The van der Waals surface area contributed by atoms with Crippen molar-refractivity contribution in [2.75, 3.05) is 19.7 Å². The molecule has 1 aromatic heterocycles. The monoisotopic (exact) mass is 294 g/mol. The summed E-state index contributed by atoms with van der Waals surface area (Å²) in [4.78, 5) is 6.49. The van der Waals surface area contributed by atoms with Crippen LogP contribution in [0.15, 0.2) is 0 Å². The molecule has 1 aliphatic heterocycles. The van der Waals surface area contributed by atoms with Gasteiger partial charge in [0.05, 0.1) is 5.69 Å². The molecule has 0 radical (unpaired) electrons. The van der Waals surface area contributed by atoms with E-state index in [0.29, 0.717) is 5.92 Å². The fourth-order valence-corrected chi connectivity index (χ4v) is 4.46. The van der Waals surface area contributed by atoms with E-state index >= 15 is 0 Å². The molecule has 0 bridgehead atoms. The molecule has 2 unspecified atom stereocenters. The second kappa shape index (κ2) is 6.54. The van der Waals surface area contributed by atoms with Crippen LogP contribution in [0.25, 0.3) is 0 Å². The minimum Gasteiger partial charge on any atom is -0.371 e. The molecule has 4 heteroatoms. The zero-order valence-electron chi connectivity index (χ0n) is 12.7. The van der Waals surface area contributed by atoms with Crippen LogP contribution in [0.3, 0.4) is 0 Å². The van der Waals surface area contributed by atoms with Gasteiger partial charge in [-0.15, -0.1) is 11.3 Å². The molecule has 0 saturated carbocycles. The topological polar surface area (TPSA) is 34.1 Å². The van der Waals surface area contributed by atoms with E-state index in [1.165, 1.54) is 41.3 Å². The maximum atomic E-state index is 5.80. The molecule has 3 nitrogen and oxygen atoms in total. The van der Waals surface area contributed by atoms with Crippen LogP contribution in [-0.4, -0.2) is 24.7 Å². The second-order valence-corrected chi connectivity index (χ2v) is 7.62. The van der Waals surface area contributed by atoms with Gasteiger partial charge in [0, 0.05) is 23.9 Å². The summed E-state index contributed by atoms with van der Waals surface area (Å²) in [6, 6.07) is 0. The summed E-state index contributed by atoms with van der Waals surface area (Å²) in [5.41, 5.74) is 1.38. The fraction of sp³-hybridized carbons (Fsp3) is 0.812. The minimum atomic E-state index is 0.287. The Balaban J connectivity index is 1.68. The Bertz CT molecular complexity index is 438. The first-order valence-electron chi connectivity index (χ1n) is 8.06. The molecule has 2 heterocycles. The summed E-state index contributed by atoms with van der Waals surface area (Å²) in [5.74, 6) is 1.33. The molecule has 20 heavy (non-hydrogen) atoms. The van der Waals surface area contributed by atoms with Gasteiger partial charge in [0.25, 0.3) is 0 Å². The Morgan fingerprint density at radius 1 is 1.35 bits per heavy atom. The van der Waals surface area contributed by atoms with Gasteiger partial charge in [-0.25, -0.2) is 4.98 Å². The summed E-state index contributed by atoms with van der Waals surface area (Å²) >= 11 is 1.91. The molecular formula is C16H26N2OS. The number of hydrogen-bond acceptors (Lipinski definition) is 4. The first-order chi connectivity index (χ1) is 9.74. The van der Waals surface area contributed by atoms with Crippen molar-refractivity contribution in [1.82, 2.24) is 10.3 Å². The maximum Gasteiger partial charge on any atom is 0.122 e. The van der Waals surface area contributed by atoms with Crippen molar-refractivity contribution < 1.29 is 4.74 Å². The molecule has 0 spiro atoms. The van der Waals surface area contributed by atoms with Crippen molar-refractivity contribution >= 4 is 11.3 Å². The van der Waals surface area contributed by atoms with Crippen LogP contribution in [-0.2, 0) is 11.2 Å². The van der Waals surface area contributed by atoms with Gasteiger partial charge in [-0.2, -0.15) is 0 Å². The molecule has 1 saturated heterocycles. The van der Waals surface area contributed by atoms with E-state index in [1.807, 2.05) is 11.3 Å². The Morgan fingerprint density at radius 3 is 3.00 bits per heavy atom. The highest BCUT2D eigenvalue weighted by Crippen LogP contribution is 2.39. The highest BCUT2D eigenvalue weighted by atomic mass is 32.1. The quantitative estimate of drug-likeness (QED) is 0.900. The zero-order valence-corrected chi connectivity index (χ0v) is 13.5. The summed E-state index contributed by atoms with van der Waals surface area (Å²) in [5, 5.41) is 4.85. The molecule has 1 aliphatic carbocycles. The van der Waals surface area contributed by atoms with Gasteiger partial charge in [-0.3, -0.25) is 0 Å². The molecule has 2 atom stereocenters. The summed E-state index contributed by atoms with van der Waals surface area (Å²) < 4.78 is 5.80. The number of nitrogens with zero attached hydrogens (tertiary/aromatic N) is 1. The van der Waals surface area contributed by atoms with E-state index < -0.39 is 0 Å². The predicted molar refractivity (Wildman–Crippen MR) is 83.4 cm³/mol. The third-order valence-corrected chi connectivity index (χ3v) is 5.46. The molecule has 0 aromatic carbocycles. The molecule has 112 valence electrons. The third kappa shape index (κ3) is 3.23. The zero-order chi connectivity index (χ0) is 13.9. The van der Waals surface area contributed by atoms with Gasteiger partial charge < -0.3 is 10.1 Å². The summed E-state index contributed by atoms with van der Waals surface area (Å²) in [7, 11) is 0. The Hall–Kier alpha value is -0.450. The van der Waals surface area contributed by atoms with Crippen LogP contribution in [0, 0.1) is 5.92 Å². The van der Waals surface area contributed by atoms with Gasteiger partial charge in [0.2, 0.25) is 0 Å². The van der Waals surface area contributed by atoms with E-state index in [-0.39, 0.29) is 6.10 Å². The predicted octanol–water partition coefficient (Wildman–Crippen LogP) is 3.66. The van der Waals surface area contributed by atoms with Crippen LogP contribution < -0.4 is 5.32 Å². The normalized spacial score (nSPS) is 26.1. The van der Waals surface area contributed by atoms with E-state index in [4.69, 9.17) is 9.72 Å². The van der Waals surface area contributed by atoms with Crippen LogP contribution in [0.2, 0.25) is 0 Å². The van der Waals surface area contributed by atoms with Gasteiger partial charge in [0.1, 0.15) is 11.1 Å². The Labute approximate surface area is 126 Å². The van der Waals surface area contributed by atoms with Crippen molar-refractivity contribution in [2.45, 2.75) is 58.0 Å². The van der Waals surface area contributed by atoms with Crippen LogP contribution in [0.4, 0.5) is 0 Å². The molecule has 1 fully saturated rings. The number of fused-ring (bicyclic) bond motifs is 1. The Kier molecular flexibility index (Phi) is 4.74. The van der Waals surface area contributed by atoms with Crippen molar-refractivity contribution in [3.05, 3.63) is 15.6 Å². The summed E-state index contributed by atoms with van der Waals surface area (Å²) in [6.07, 6.45) is 6.45. The van der Waals surface area contributed by atoms with Crippen LogP contribution in [0.5, 0.6) is 0 Å². The number of aryl methyl sites for hydroxylation is 1. The first kappa shape index (κ1) is 14.5. The van der Waals surface area contributed by atoms with Crippen LogP contribution in [0.1, 0.15) is 67.1 Å². The molecule has 0 amide bonds. The lowest BCUT2D eigenvalue weighted by Gasteiger charge is -2.22. The highest BCUT2D eigenvalue weighted by molar-refractivity contribution is 7.11. The van der Waals surface area contributed by atoms with E-state index in [1.54, 1.807) is 0 Å². The number of nitrogens with one attached hydrogen (secondary N) is 1. The van der Waals surface area contributed by atoms with Crippen molar-refractivity contribution in [3.8, 4) is 0 Å². The smallest absolute Gasteiger partial charge is 0.122 e. The second-order valence-electron chi connectivity index (χ2n) is 6.50. The fourth-order valence-electron chi connectivity index (χ4n) is 3.18. The van der Waals surface area contributed by atoms with Gasteiger partial charge in [0.15, 0.2) is 0 Å². The van der Waals surface area contributed by atoms with Gasteiger partial charge in [-0.1, -0.05) is 13.8 Å². The lowest BCUT2D eigenvalue weighted by molar-refractivity contribution is 0.111. The van der Waals surface area contributed by atoms with Gasteiger partial charge >= 0.3 is 0 Å². The average molecular weight is 294 g/mol. The third-order valence-electron chi connectivity index (χ3n) is 4.24. The lowest BCUT2D eigenvalue weighted by Crippen LogP contribution is -2.27. The highest BCUT2D eigenvalue weighted by Gasteiger charge is 2.28. The van der Waals surface area contributed by atoms with Crippen molar-refractivity contribution in [2.24, 2.45) is 5.92 Å². The number of ether oxygens (including phenoxy) is 1. The minimum absolute atomic E-state index is 0.287. The maximum absolute atomic E-state index is 5.80. The van der Waals surface area contributed by atoms with E-state index in [9.17, 15) is 0 Å². The number of thiazole rings is 1. The number of aromatic nitrogens is 1. The number of hydrogen-bond donors (Lipinski definition) is 1. The first-order valence-corrected chi connectivity index (χ1v) is 8.87. The molecule has 1 N–H and O–H groups in total. The lowest BCUT2D eigenvalue weighted by atomic mass is 9.91. The molecule has 2 aliphatic rings. The number of rotatable bonds is 5. The van der Waals surface area contributed by atoms with Crippen LogP contribution >= 0.6 is 11.3 Å². The van der Waals surface area contributed by atoms with Crippen molar-refractivity contribution in [1.29, 1.82) is 0 Å². The SMILES string of the molecule is CC(C)CNCC1CCCc2sc(C3CCCO3)nc21. The Morgan fingerprint density at radius 2 is 2.25 bits per heavy atom. The van der Waals surface area contributed by atoms with E-state index in [0.717, 1.165) is 32.0 Å². The van der Waals surface area contributed by atoms with E-state index in [2.05, 4.69) is 19.2 Å². The molecule has 3 rings (SSSR count). The molecule has 1 aromatic rings. The largest absolute Gasteiger partial charge is 0.371 e.